The van der Waals surface area contributed by atoms with Crippen LogP contribution in [0.3, 0.4) is 0 Å². The number of carbonyl (C=O) groups is 1. The molecule has 0 unspecified atom stereocenters. The lowest BCUT2D eigenvalue weighted by molar-refractivity contribution is -0.890. The van der Waals surface area contributed by atoms with E-state index in [1.54, 1.807) is 6.07 Å². The lowest BCUT2D eigenvalue weighted by Crippen LogP contribution is -2.40. The topological polar surface area (TPSA) is 60.4 Å². The van der Waals surface area contributed by atoms with Gasteiger partial charge in [-0.2, -0.15) is 0 Å². The van der Waals surface area contributed by atoms with E-state index in [1.807, 2.05) is 0 Å². The van der Waals surface area contributed by atoms with Crippen molar-refractivity contribution in [2.24, 2.45) is 0 Å². The van der Waals surface area contributed by atoms with Crippen LogP contribution in [-0.4, -0.2) is 42.7 Å². The summed E-state index contributed by atoms with van der Waals surface area (Å²) in [6.45, 7) is 7.30. The number of carboxylic acids is 1. The molecule has 0 saturated carbocycles. The molecule has 4 nitrogen and oxygen atoms in total. The molecule has 0 aliphatic carbocycles. The lowest BCUT2D eigenvalue weighted by Gasteiger charge is -2.29. The van der Waals surface area contributed by atoms with E-state index >= 15 is 0 Å². The Bertz CT molecular complexity index is 600. The molecule has 1 aromatic carbocycles. The van der Waals surface area contributed by atoms with Crippen molar-refractivity contribution in [3.8, 4) is 5.75 Å². The molecule has 0 fully saturated rings. The van der Waals surface area contributed by atoms with Gasteiger partial charge in [0, 0.05) is 5.56 Å². The van der Waals surface area contributed by atoms with Crippen LogP contribution in [-0.2, 0) is 0 Å². The first-order chi connectivity index (χ1) is 16.3. The van der Waals surface area contributed by atoms with Crippen molar-refractivity contribution in [1.82, 2.24) is 0 Å². The standard InChI is InChI=1S/C23H50N.C7H6O3/c1-5-7-8-9-10-11-12-13-14-15-16-17-18-19-20-21-23-24(3,4)22-6-2;8-6-4-2-1-3-5(6)7(9)10/h5-23H2,1-4H3;1-4,8H,(H,9,10)/q+1;/p-1. The summed E-state index contributed by atoms with van der Waals surface area (Å²) in [5.74, 6) is -1.62. The summed E-state index contributed by atoms with van der Waals surface area (Å²) < 4.78 is 1.22. The van der Waals surface area contributed by atoms with Crippen molar-refractivity contribution < 1.29 is 19.5 Å². The molecule has 0 bridgehead atoms. The molecular weight excluding hydrogens is 422 g/mol. The maximum absolute atomic E-state index is 10.2. The van der Waals surface area contributed by atoms with Crippen LogP contribution < -0.4 is 5.11 Å². The van der Waals surface area contributed by atoms with Crippen LogP contribution in [0.1, 0.15) is 133 Å². The minimum absolute atomic E-state index is 0.178. The van der Waals surface area contributed by atoms with Gasteiger partial charge >= 0.3 is 0 Å². The largest absolute Gasteiger partial charge is 0.545 e. The molecule has 0 radical (unpaired) electrons. The van der Waals surface area contributed by atoms with E-state index in [2.05, 4.69) is 27.9 Å². The fourth-order valence-electron chi connectivity index (χ4n) is 4.45. The van der Waals surface area contributed by atoms with Gasteiger partial charge in [-0.15, -0.1) is 0 Å². The lowest BCUT2D eigenvalue weighted by atomic mass is 10.0. The summed E-state index contributed by atoms with van der Waals surface area (Å²) in [7, 11) is 4.77. The van der Waals surface area contributed by atoms with Gasteiger partial charge in [0.1, 0.15) is 5.75 Å². The maximum atomic E-state index is 10.2. The number of para-hydroxylation sites is 1. The van der Waals surface area contributed by atoms with Crippen LogP contribution in [0.15, 0.2) is 24.3 Å². The van der Waals surface area contributed by atoms with E-state index in [0.29, 0.717) is 0 Å². The Morgan fingerprint density at radius 2 is 1.09 bits per heavy atom. The second-order valence-electron chi connectivity index (χ2n) is 10.5. The zero-order chi connectivity index (χ0) is 25.5. The highest BCUT2D eigenvalue weighted by molar-refractivity contribution is 5.88. The Morgan fingerprint density at radius 3 is 1.44 bits per heavy atom. The number of quaternary nitrogens is 1. The van der Waals surface area contributed by atoms with E-state index in [1.165, 1.54) is 145 Å². The number of unbranched alkanes of at least 4 members (excludes halogenated alkanes) is 15. The first kappa shape index (κ1) is 32.5. The Kier molecular flexibility index (Phi) is 20.9. The van der Waals surface area contributed by atoms with Gasteiger partial charge < -0.3 is 19.5 Å². The zero-order valence-corrected chi connectivity index (χ0v) is 23.0. The molecule has 1 aromatic rings. The minimum atomic E-state index is -1.36. The van der Waals surface area contributed by atoms with Gasteiger partial charge in [-0.3, -0.25) is 0 Å². The molecule has 0 aromatic heterocycles. The third-order valence-electron chi connectivity index (χ3n) is 6.57. The van der Waals surface area contributed by atoms with Gasteiger partial charge in [0.05, 0.1) is 33.2 Å². The second kappa shape index (κ2) is 21.9. The number of carbonyl (C=O) groups excluding carboxylic acids is 1. The first-order valence-corrected chi connectivity index (χ1v) is 14.2. The maximum Gasteiger partial charge on any atom is 0.124 e. The molecule has 0 aliphatic rings. The van der Waals surface area contributed by atoms with Crippen LogP contribution in [0, 0.1) is 0 Å². The molecular formula is C30H55NO3. The van der Waals surface area contributed by atoms with Crippen molar-refractivity contribution in [3.63, 3.8) is 0 Å². The van der Waals surface area contributed by atoms with Crippen LogP contribution in [0.2, 0.25) is 0 Å². The third kappa shape index (κ3) is 19.9. The summed E-state index contributed by atoms with van der Waals surface area (Å²) in [4.78, 5) is 10.2. The third-order valence-corrected chi connectivity index (χ3v) is 6.57. The molecule has 34 heavy (non-hydrogen) atoms. The van der Waals surface area contributed by atoms with Crippen LogP contribution in [0.25, 0.3) is 0 Å². The molecule has 0 heterocycles. The highest BCUT2D eigenvalue weighted by Crippen LogP contribution is 2.15. The van der Waals surface area contributed by atoms with Gasteiger partial charge in [-0.1, -0.05) is 116 Å². The number of aromatic carboxylic acids is 1. The zero-order valence-electron chi connectivity index (χ0n) is 23.0. The number of aromatic hydroxyl groups is 1. The fraction of sp³-hybridized carbons (Fsp3) is 0.767. The van der Waals surface area contributed by atoms with Gasteiger partial charge in [0.15, 0.2) is 0 Å². The monoisotopic (exact) mass is 477 g/mol. The summed E-state index contributed by atoms with van der Waals surface area (Å²) in [5.41, 5.74) is -0.178. The van der Waals surface area contributed by atoms with Crippen LogP contribution >= 0.6 is 0 Å². The normalized spacial score (nSPS) is 11.2. The summed E-state index contributed by atoms with van der Waals surface area (Å²) >= 11 is 0. The van der Waals surface area contributed by atoms with Crippen molar-refractivity contribution in [1.29, 1.82) is 0 Å². The molecule has 0 atom stereocenters. The summed E-state index contributed by atoms with van der Waals surface area (Å²) in [6.07, 6.45) is 24.7. The highest BCUT2D eigenvalue weighted by atomic mass is 16.4. The molecule has 0 amide bonds. The van der Waals surface area contributed by atoms with Crippen molar-refractivity contribution in [2.45, 2.75) is 123 Å². The van der Waals surface area contributed by atoms with Crippen LogP contribution in [0.5, 0.6) is 5.75 Å². The van der Waals surface area contributed by atoms with E-state index in [4.69, 9.17) is 5.11 Å². The average Bonchev–Trinajstić information content (AvgIpc) is 2.79. The molecule has 0 aliphatic heterocycles. The van der Waals surface area contributed by atoms with Gasteiger partial charge in [0.25, 0.3) is 0 Å². The Labute approximate surface area is 211 Å². The number of carboxylic acid groups (broad SMARTS) is 1. The number of rotatable bonds is 20. The predicted molar refractivity (Wildman–Crippen MR) is 144 cm³/mol. The molecule has 1 rings (SSSR count). The fourth-order valence-corrected chi connectivity index (χ4v) is 4.45. The SMILES string of the molecule is CCCCCCCCCCCCCCCCCC[N+](C)(C)CCC.O=C([O-])c1ccccc1O. The Morgan fingerprint density at radius 1 is 0.676 bits per heavy atom. The van der Waals surface area contributed by atoms with Crippen molar-refractivity contribution in [3.05, 3.63) is 29.8 Å². The van der Waals surface area contributed by atoms with E-state index in [9.17, 15) is 9.90 Å². The average molecular weight is 478 g/mol. The van der Waals surface area contributed by atoms with Gasteiger partial charge in [-0.05, 0) is 31.4 Å². The summed E-state index contributed by atoms with van der Waals surface area (Å²) in [5, 5.41) is 19.0. The van der Waals surface area contributed by atoms with Crippen molar-refractivity contribution >= 4 is 5.97 Å². The van der Waals surface area contributed by atoms with Crippen molar-refractivity contribution in [2.75, 3.05) is 27.2 Å². The first-order valence-electron chi connectivity index (χ1n) is 14.2. The number of nitrogens with zero attached hydrogens (tertiary/aromatic N) is 1. The minimum Gasteiger partial charge on any atom is -0.545 e. The molecule has 4 heteroatoms. The molecule has 0 spiro atoms. The Balaban J connectivity index is 0.000000896. The number of hydrogen-bond acceptors (Lipinski definition) is 3. The molecule has 1 N–H and O–H groups in total. The van der Waals surface area contributed by atoms with Gasteiger partial charge in [0.2, 0.25) is 0 Å². The number of hydrogen-bond donors (Lipinski definition) is 1. The Hall–Kier alpha value is -1.55. The van der Waals surface area contributed by atoms with E-state index in [-0.39, 0.29) is 11.3 Å². The number of benzene rings is 1. The number of phenols is 1. The van der Waals surface area contributed by atoms with E-state index < -0.39 is 5.97 Å². The predicted octanol–water partition coefficient (Wildman–Crippen LogP) is 7.49. The van der Waals surface area contributed by atoms with E-state index in [0.717, 1.165) is 0 Å². The summed E-state index contributed by atoms with van der Waals surface area (Å²) in [6, 6.07) is 5.64. The van der Waals surface area contributed by atoms with Crippen LogP contribution in [0.4, 0.5) is 0 Å². The molecule has 198 valence electrons. The second-order valence-corrected chi connectivity index (χ2v) is 10.5. The smallest absolute Gasteiger partial charge is 0.124 e. The quantitative estimate of drug-likeness (QED) is 0.156. The highest BCUT2D eigenvalue weighted by Gasteiger charge is 2.11. The van der Waals surface area contributed by atoms with Gasteiger partial charge in [-0.25, -0.2) is 0 Å². The molecule has 0 saturated heterocycles.